The van der Waals surface area contributed by atoms with Crippen molar-refractivity contribution in [3.05, 3.63) is 35.4 Å². The molecule has 2 aliphatic carbocycles. The molecule has 5 nitrogen and oxygen atoms in total. The predicted octanol–water partition coefficient (Wildman–Crippen LogP) is 3.54. The molecule has 1 saturated carbocycles. The second-order valence-electron chi connectivity index (χ2n) is 9.66. The maximum atomic E-state index is 13.6. The van der Waals surface area contributed by atoms with E-state index in [0.29, 0.717) is 5.92 Å². The minimum Gasteiger partial charge on any atom is -0.348 e. The van der Waals surface area contributed by atoms with Crippen LogP contribution in [0.2, 0.25) is 0 Å². The SMILES string of the molecule is CC(C)C(=O)N1CCN(C(C(=O)NC2CCCc3ccccc32)C2CCCC2)CC1. The van der Waals surface area contributed by atoms with Gasteiger partial charge in [0.1, 0.15) is 0 Å². The maximum Gasteiger partial charge on any atom is 0.238 e. The lowest BCUT2D eigenvalue weighted by Crippen LogP contribution is -2.58. The molecule has 0 bridgehead atoms. The normalized spacial score (nSPS) is 24.0. The van der Waals surface area contributed by atoms with Crippen molar-refractivity contribution < 1.29 is 9.59 Å². The van der Waals surface area contributed by atoms with Crippen molar-refractivity contribution in [1.29, 1.82) is 0 Å². The first-order chi connectivity index (χ1) is 14.5. The zero-order chi connectivity index (χ0) is 21.1. The van der Waals surface area contributed by atoms with E-state index in [2.05, 4.69) is 34.5 Å². The molecule has 4 rings (SSSR count). The van der Waals surface area contributed by atoms with Gasteiger partial charge in [-0.1, -0.05) is 51.0 Å². The summed E-state index contributed by atoms with van der Waals surface area (Å²) >= 11 is 0. The summed E-state index contributed by atoms with van der Waals surface area (Å²) in [6, 6.07) is 8.64. The molecule has 5 heteroatoms. The first-order valence-corrected chi connectivity index (χ1v) is 12.0. The number of hydrogen-bond donors (Lipinski definition) is 1. The highest BCUT2D eigenvalue weighted by Gasteiger charge is 2.38. The Kier molecular flexibility index (Phi) is 6.77. The molecule has 1 saturated heterocycles. The zero-order valence-corrected chi connectivity index (χ0v) is 18.6. The van der Waals surface area contributed by atoms with Gasteiger partial charge in [0.15, 0.2) is 0 Å². The number of aryl methyl sites for hydroxylation is 1. The summed E-state index contributed by atoms with van der Waals surface area (Å²) < 4.78 is 0. The molecule has 30 heavy (non-hydrogen) atoms. The molecule has 1 aromatic carbocycles. The summed E-state index contributed by atoms with van der Waals surface area (Å²) in [5.41, 5.74) is 2.68. The van der Waals surface area contributed by atoms with Crippen LogP contribution in [-0.4, -0.2) is 53.8 Å². The third-order valence-corrected chi connectivity index (χ3v) is 7.31. The summed E-state index contributed by atoms with van der Waals surface area (Å²) in [6.45, 7) is 7.00. The van der Waals surface area contributed by atoms with Crippen LogP contribution in [-0.2, 0) is 16.0 Å². The van der Waals surface area contributed by atoms with E-state index in [1.807, 2.05) is 18.7 Å². The van der Waals surface area contributed by atoms with Gasteiger partial charge >= 0.3 is 0 Å². The summed E-state index contributed by atoms with van der Waals surface area (Å²) in [5.74, 6) is 0.913. The lowest BCUT2D eigenvalue weighted by Gasteiger charge is -2.42. The van der Waals surface area contributed by atoms with Crippen molar-refractivity contribution >= 4 is 11.8 Å². The van der Waals surface area contributed by atoms with Crippen LogP contribution < -0.4 is 5.32 Å². The van der Waals surface area contributed by atoms with Gasteiger partial charge in [-0.25, -0.2) is 0 Å². The number of amides is 2. The van der Waals surface area contributed by atoms with E-state index < -0.39 is 0 Å². The number of fused-ring (bicyclic) bond motifs is 1. The molecule has 164 valence electrons. The molecule has 0 radical (unpaired) electrons. The van der Waals surface area contributed by atoms with E-state index in [1.165, 1.54) is 24.0 Å². The van der Waals surface area contributed by atoms with Crippen LogP contribution in [0, 0.1) is 11.8 Å². The highest BCUT2D eigenvalue weighted by Crippen LogP contribution is 2.33. The van der Waals surface area contributed by atoms with Gasteiger partial charge in [-0.05, 0) is 49.1 Å². The second-order valence-corrected chi connectivity index (χ2v) is 9.66. The van der Waals surface area contributed by atoms with Crippen molar-refractivity contribution in [1.82, 2.24) is 15.1 Å². The smallest absolute Gasteiger partial charge is 0.238 e. The average Bonchev–Trinajstić information content (AvgIpc) is 3.28. The number of carbonyl (C=O) groups excluding carboxylic acids is 2. The fraction of sp³-hybridized carbons (Fsp3) is 0.680. The molecule has 2 fully saturated rings. The number of rotatable bonds is 5. The first-order valence-electron chi connectivity index (χ1n) is 12.0. The van der Waals surface area contributed by atoms with Crippen LogP contribution in [0.4, 0.5) is 0 Å². The van der Waals surface area contributed by atoms with Crippen LogP contribution in [0.15, 0.2) is 24.3 Å². The number of nitrogens with one attached hydrogen (secondary N) is 1. The molecule has 2 atom stereocenters. The van der Waals surface area contributed by atoms with Crippen molar-refractivity contribution in [2.75, 3.05) is 26.2 Å². The Hall–Kier alpha value is -1.88. The van der Waals surface area contributed by atoms with Gasteiger partial charge in [0.2, 0.25) is 11.8 Å². The fourth-order valence-corrected chi connectivity index (χ4v) is 5.70. The Bertz CT molecular complexity index is 749. The molecule has 0 aromatic heterocycles. The third kappa shape index (κ3) is 4.56. The van der Waals surface area contributed by atoms with Crippen LogP contribution >= 0.6 is 0 Å². The van der Waals surface area contributed by atoms with Gasteiger partial charge in [-0.15, -0.1) is 0 Å². The minimum atomic E-state index is -0.0575. The van der Waals surface area contributed by atoms with E-state index in [-0.39, 0.29) is 29.8 Å². The highest BCUT2D eigenvalue weighted by molar-refractivity contribution is 5.83. The van der Waals surface area contributed by atoms with Gasteiger partial charge in [-0.2, -0.15) is 0 Å². The van der Waals surface area contributed by atoms with E-state index in [4.69, 9.17) is 0 Å². The zero-order valence-electron chi connectivity index (χ0n) is 18.6. The van der Waals surface area contributed by atoms with Gasteiger partial charge in [-0.3, -0.25) is 14.5 Å². The molecule has 1 aromatic rings. The topological polar surface area (TPSA) is 52.7 Å². The predicted molar refractivity (Wildman–Crippen MR) is 119 cm³/mol. The van der Waals surface area contributed by atoms with Gasteiger partial charge in [0, 0.05) is 32.1 Å². The van der Waals surface area contributed by atoms with Gasteiger partial charge < -0.3 is 10.2 Å². The molecule has 1 aliphatic heterocycles. The standard InChI is InChI=1S/C25H37N3O2/c1-18(2)25(30)28-16-14-27(15-17-28)23(20-9-3-4-10-20)24(29)26-22-13-7-11-19-8-5-6-12-21(19)22/h5-6,8,12,18,20,22-23H,3-4,7,9-11,13-17H2,1-2H3,(H,26,29). The second kappa shape index (κ2) is 9.51. The van der Waals surface area contributed by atoms with E-state index in [9.17, 15) is 9.59 Å². The number of nitrogens with zero attached hydrogens (tertiary/aromatic N) is 2. The Morgan fingerprint density at radius 3 is 2.37 bits per heavy atom. The Balaban J connectivity index is 1.45. The Labute approximate surface area is 181 Å². The molecule has 0 spiro atoms. The van der Waals surface area contributed by atoms with Crippen molar-refractivity contribution in [3.8, 4) is 0 Å². The van der Waals surface area contributed by atoms with Crippen LogP contribution in [0.3, 0.4) is 0 Å². The monoisotopic (exact) mass is 411 g/mol. The maximum absolute atomic E-state index is 13.6. The summed E-state index contributed by atoms with van der Waals surface area (Å²) in [6.07, 6.45) is 8.01. The van der Waals surface area contributed by atoms with E-state index >= 15 is 0 Å². The van der Waals surface area contributed by atoms with Crippen LogP contribution in [0.1, 0.15) is 69.5 Å². The Morgan fingerprint density at radius 2 is 1.67 bits per heavy atom. The number of carbonyl (C=O) groups is 2. The summed E-state index contributed by atoms with van der Waals surface area (Å²) in [7, 11) is 0. The molecule has 1 heterocycles. The third-order valence-electron chi connectivity index (χ3n) is 7.31. The Morgan fingerprint density at radius 1 is 0.967 bits per heavy atom. The van der Waals surface area contributed by atoms with E-state index in [1.54, 1.807) is 0 Å². The highest BCUT2D eigenvalue weighted by atomic mass is 16.2. The molecular weight excluding hydrogens is 374 g/mol. The number of piperazine rings is 1. The van der Waals surface area contributed by atoms with Crippen molar-refractivity contribution in [2.24, 2.45) is 11.8 Å². The molecular formula is C25H37N3O2. The van der Waals surface area contributed by atoms with Crippen molar-refractivity contribution in [2.45, 2.75) is 70.9 Å². The first kappa shape index (κ1) is 21.4. The summed E-state index contributed by atoms with van der Waals surface area (Å²) in [4.78, 5) is 30.3. The largest absolute Gasteiger partial charge is 0.348 e. The summed E-state index contributed by atoms with van der Waals surface area (Å²) in [5, 5.41) is 3.44. The molecule has 1 N–H and O–H groups in total. The quantitative estimate of drug-likeness (QED) is 0.806. The van der Waals surface area contributed by atoms with Gasteiger partial charge in [0.05, 0.1) is 12.1 Å². The molecule has 2 unspecified atom stereocenters. The van der Waals surface area contributed by atoms with Crippen molar-refractivity contribution in [3.63, 3.8) is 0 Å². The number of hydrogen-bond acceptors (Lipinski definition) is 3. The van der Waals surface area contributed by atoms with Crippen LogP contribution in [0.25, 0.3) is 0 Å². The minimum absolute atomic E-state index is 0.0387. The van der Waals surface area contributed by atoms with Crippen LogP contribution in [0.5, 0.6) is 0 Å². The molecule has 2 amide bonds. The lowest BCUT2D eigenvalue weighted by molar-refractivity contribution is -0.138. The average molecular weight is 412 g/mol. The van der Waals surface area contributed by atoms with Gasteiger partial charge in [0.25, 0.3) is 0 Å². The molecule has 3 aliphatic rings. The fourth-order valence-electron chi connectivity index (χ4n) is 5.70. The lowest BCUT2D eigenvalue weighted by atomic mass is 9.87. The number of benzene rings is 1. The van der Waals surface area contributed by atoms with E-state index in [0.717, 1.165) is 58.3 Å².